The highest BCUT2D eigenvalue weighted by atomic mass is 16.3. The van der Waals surface area contributed by atoms with Crippen molar-refractivity contribution in [2.45, 2.75) is 26.7 Å². The second-order valence-electron chi connectivity index (χ2n) is 3.92. The minimum absolute atomic E-state index is 0.219. The summed E-state index contributed by atoms with van der Waals surface area (Å²) >= 11 is 0. The second-order valence-corrected chi connectivity index (χ2v) is 3.92. The van der Waals surface area contributed by atoms with Gasteiger partial charge in [-0.3, -0.25) is 0 Å². The van der Waals surface area contributed by atoms with Crippen molar-refractivity contribution in [1.29, 1.82) is 0 Å². The van der Waals surface area contributed by atoms with Gasteiger partial charge in [-0.2, -0.15) is 9.97 Å². The molecular formula is C11H14N4O. The highest BCUT2D eigenvalue weighted by molar-refractivity contribution is 5.57. The molecule has 2 N–H and O–H groups in total. The fourth-order valence-electron chi connectivity index (χ4n) is 1.40. The standard InChI is InChI=1S/C11H14N4O/c1-6(2)9-13-10(15-11(12)14-9)8-4-5-16-7(8)3/h4-6H,1-3H3,(H2,12,13,14,15). The minimum Gasteiger partial charge on any atom is -0.469 e. The van der Waals surface area contributed by atoms with Gasteiger partial charge in [-0.15, -0.1) is 0 Å². The topological polar surface area (TPSA) is 77.8 Å². The number of hydrogen-bond acceptors (Lipinski definition) is 5. The van der Waals surface area contributed by atoms with Gasteiger partial charge in [0.05, 0.1) is 11.8 Å². The zero-order chi connectivity index (χ0) is 11.7. The molecule has 0 unspecified atom stereocenters. The molecule has 0 aliphatic heterocycles. The van der Waals surface area contributed by atoms with Gasteiger partial charge < -0.3 is 10.2 Å². The number of nitrogen functional groups attached to an aromatic ring is 1. The van der Waals surface area contributed by atoms with Crippen LogP contribution in [0.3, 0.4) is 0 Å². The molecule has 0 aliphatic carbocycles. The molecular weight excluding hydrogens is 204 g/mol. The van der Waals surface area contributed by atoms with E-state index < -0.39 is 0 Å². The number of aryl methyl sites for hydroxylation is 1. The third-order valence-electron chi connectivity index (χ3n) is 2.29. The number of aromatic nitrogens is 3. The van der Waals surface area contributed by atoms with Crippen LogP contribution in [0, 0.1) is 6.92 Å². The van der Waals surface area contributed by atoms with Crippen LogP contribution < -0.4 is 5.73 Å². The summed E-state index contributed by atoms with van der Waals surface area (Å²) in [7, 11) is 0. The summed E-state index contributed by atoms with van der Waals surface area (Å²) in [5, 5.41) is 0. The first-order valence-corrected chi connectivity index (χ1v) is 5.14. The van der Waals surface area contributed by atoms with Gasteiger partial charge in [0.25, 0.3) is 0 Å². The van der Waals surface area contributed by atoms with Crippen LogP contribution in [0.4, 0.5) is 5.95 Å². The molecule has 0 amide bonds. The van der Waals surface area contributed by atoms with E-state index in [1.165, 1.54) is 0 Å². The van der Waals surface area contributed by atoms with Gasteiger partial charge in [-0.05, 0) is 13.0 Å². The number of anilines is 1. The summed E-state index contributed by atoms with van der Waals surface area (Å²) in [5.41, 5.74) is 6.52. The Bertz CT molecular complexity index is 504. The normalized spacial score (nSPS) is 11.0. The van der Waals surface area contributed by atoms with E-state index in [-0.39, 0.29) is 11.9 Å². The predicted octanol–water partition coefficient (Wildman–Crippen LogP) is 2.15. The molecule has 2 aromatic rings. The number of nitrogens with zero attached hydrogens (tertiary/aromatic N) is 3. The van der Waals surface area contributed by atoms with Crippen molar-refractivity contribution in [1.82, 2.24) is 15.0 Å². The highest BCUT2D eigenvalue weighted by Gasteiger charge is 2.12. The van der Waals surface area contributed by atoms with E-state index >= 15 is 0 Å². The number of nitrogens with two attached hydrogens (primary N) is 1. The van der Waals surface area contributed by atoms with Crippen LogP contribution in [0.25, 0.3) is 11.4 Å². The molecule has 0 fully saturated rings. The zero-order valence-corrected chi connectivity index (χ0v) is 9.56. The molecule has 16 heavy (non-hydrogen) atoms. The molecule has 5 nitrogen and oxygen atoms in total. The molecule has 5 heteroatoms. The van der Waals surface area contributed by atoms with Crippen molar-refractivity contribution in [3.8, 4) is 11.4 Å². The molecule has 0 radical (unpaired) electrons. The van der Waals surface area contributed by atoms with Gasteiger partial charge in [0.15, 0.2) is 5.82 Å². The van der Waals surface area contributed by atoms with Gasteiger partial charge in [-0.1, -0.05) is 13.8 Å². The fourth-order valence-corrected chi connectivity index (χ4v) is 1.40. The van der Waals surface area contributed by atoms with Crippen molar-refractivity contribution < 1.29 is 4.42 Å². The van der Waals surface area contributed by atoms with Gasteiger partial charge in [0.2, 0.25) is 5.95 Å². The van der Waals surface area contributed by atoms with E-state index in [4.69, 9.17) is 10.2 Å². The highest BCUT2D eigenvalue weighted by Crippen LogP contribution is 2.22. The Labute approximate surface area is 93.7 Å². The van der Waals surface area contributed by atoms with Crippen LogP contribution in [0.5, 0.6) is 0 Å². The Morgan fingerprint density at radius 2 is 2.00 bits per heavy atom. The van der Waals surface area contributed by atoms with Crippen LogP contribution in [0.2, 0.25) is 0 Å². The number of furan rings is 1. The van der Waals surface area contributed by atoms with Crippen LogP contribution in [-0.4, -0.2) is 15.0 Å². The van der Waals surface area contributed by atoms with Crippen molar-refractivity contribution in [3.05, 3.63) is 23.9 Å². The van der Waals surface area contributed by atoms with E-state index in [0.29, 0.717) is 11.6 Å². The average Bonchev–Trinajstić information content (AvgIpc) is 2.63. The lowest BCUT2D eigenvalue weighted by atomic mass is 10.2. The molecule has 0 bridgehead atoms. The molecule has 0 spiro atoms. The summed E-state index contributed by atoms with van der Waals surface area (Å²) in [6.45, 7) is 5.89. The first-order chi connectivity index (χ1) is 7.58. The fraction of sp³-hybridized carbons (Fsp3) is 0.364. The Morgan fingerprint density at radius 3 is 2.56 bits per heavy atom. The Hall–Kier alpha value is -1.91. The average molecular weight is 218 g/mol. The van der Waals surface area contributed by atoms with E-state index in [0.717, 1.165) is 11.3 Å². The largest absolute Gasteiger partial charge is 0.469 e. The SMILES string of the molecule is Cc1occc1-c1nc(N)nc(C(C)C)n1. The molecule has 0 saturated heterocycles. The third-order valence-corrected chi connectivity index (χ3v) is 2.29. The maximum atomic E-state index is 5.66. The lowest BCUT2D eigenvalue weighted by molar-refractivity contribution is 0.535. The van der Waals surface area contributed by atoms with Gasteiger partial charge >= 0.3 is 0 Å². The Balaban J connectivity index is 2.54. The van der Waals surface area contributed by atoms with Crippen LogP contribution in [0.15, 0.2) is 16.7 Å². The maximum Gasteiger partial charge on any atom is 0.223 e. The molecule has 0 saturated carbocycles. The lowest BCUT2D eigenvalue weighted by Crippen LogP contribution is -2.06. The minimum atomic E-state index is 0.219. The number of rotatable bonds is 2. The monoisotopic (exact) mass is 218 g/mol. The van der Waals surface area contributed by atoms with E-state index in [1.807, 2.05) is 26.8 Å². The second kappa shape index (κ2) is 3.92. The molecule has 0 aromatic carbocycles. The van der Waals surface area contributed by atoms with Crippen molar-refractivity contribution in [3.63, 3.8) is 0 Å². The Morgan fingerprint density at radius 1 is 1.25 bits per heavy atom. The molecule has 0 atom stereocenters. The van der Waals surface area contributed by atoms with Crippen LogP contribution in [0.1, 0.15) is 31.4 Å². The zero-order valence-electron chi connectivity index (χ0n) is 9.56. The van der Waals surface area contributed by atoms with Crippen molar-refractivity contribution >= 4 is 5.95 Å². The van der Waals surface area contributed by atoms with Gasteiger partial charge in [-0.25, -0.2) is 4.98 Å². The quantitative estimate of drug-likeness (QED) is 0.835. The molecule has 2 rings (SSSR count). The van der Waals surface area contributed by atoms with E-state index in [2.05, 4.69) is 15.0 Å². The summed E-state index contributed by atoms with van der Waals surface area (Å²) in [5.74, 6) is 2.51. The van der Waals surface area contributed by atoms with E-state index in [9.17, 15) is 0 Å². The smallest absolute Gasteiger partial charge is 0.223 e. The third kappa shape index (κ3) is 1.88. The summed E-state index contributed by atoms with van der Waals surface area (Å²) < 4.78 is 5.22. The molecule has 2 heterocycles. The predicted molar refractivity (Wildman–Crippen MR) is 60.8 cm³/mol. The first-order valence-electron chi connectivity index (χ1n) is 5.14. The summed E-state index contributed by atoms with van der Waals surface area (Å²) in [4.78, 5) is 12.6. The summed E-state index contributed by atoms with van der Waals surface area (Å²) in [6, 6.07) is 1.83. The van der Waals surface area contributed by atoms with Crippen LogP contribution >= 0.6 is 0 Å². The van der Waals surface area contributed by atoms with E-state index in [1.54, 1.807) is 6.26 Å². The Kier molecular flexibility index (Phi) is 2.60. The molecule has 84 valence electrons. The first kappa shape index (κ1) is 10.6. The molecule has 2 aromatic heterocycles. The van der Waals surface area contributed by atoms with Gasteiger partial charge in [0.1, 0.15) is 11.6 Å². The van der Waals surface area contributed by atoms with Crippen molar-refractivity contribution in [2.24, 2.45) is 0 Å². The molecule has 0 aliphatic rings. The van der Waals surface area contributed by atoms with Gasteiger partial charge in [0, 0.05) is 5.92 Å². The number of hydrogen-bond donors (Lipinski definition) is 1. The van der Waals surface area contributed by atoms with Crippen LogP contribution in [-0.2, 0) is 0 Å². The lowest BCUT2D eigenvalue weighted by Gasteiger charge is -2.06. The maximum absolute atomic E-state index is 5.66. The van der Waals surface area contributed by atoms with Crippen molar-refractivity contribution in [2.75, 3.05) is 5.73 Å². The summed E-state index contributed by atoms with van der Waals surface area (Å²) in [6.07, 6.45) is 1.61.